The van der Waals surface area contributed by atoms with Crippen LogP contribution in [-0.2, 0) is 6.61 Å². The van der Waals surface area contributed by atoms with Crippen LogP contribution >= 0.6 is 0 Å². The van der Waals surface area contributed by atoms with Crippen LogP contribution in [0.3, 0.4) is 0 Å². The van der Waals surface area contributed by atoms with Gasteiger partial charge in [0.05, 0.1) is 31.0 Å². The normalized spacial score (nSPS) is 19.8. The lowest BCUT2D eigenvalue weighted by Crippen LogP contribution is -2.65. The number of anilines is 1. The molecule has 0 bridgehead atoms. The molecular weight excluding hydrogens is 404 g/mol. The minimum Gasteiger partial charge on any atom is -0.496 e. The first-order chi connectivity index (χ1) is 15.7. The van der Waals surface area contributed by atoms with Crippen LogP contribution in [0.25, 0.3) is 11.3 Å². The molecule has 7 heteroatoms. The second-order valence-electron chi connectivity index (χ2n) is 8.28. The van der Waals surface area contributed by atoms with Gasteiger partial charge >= 0.3 is 0 Å². The van der Waals surface area contributed by atoms with Gasteiger partial charge in [-0.05, 0) is 24.1 Å². The van der Waals surface area contributed by atoms with Crippen molar-refractivity contribution in [2.24, 2.45) is 5.92 Å². The molecule has 2 saturated heterocycles. The third-order valence-electron chi connectivity index (χ3n) is 6.53. The Morgan fingerprint density at radius 1 is 1.12 bits per heavy atom. The monoisotopic (exact) mass is 430 g/mol. The van der Waals surface area contributed by atoms with E-state index in [1.54, 1.807) is 31.5 Å². The fourth-order valence-electron chi connectivity index (χ4n) is 4.75. The maximum absolute atomic E-state index is 13.4. The smallest absolute Gasteiger partial charge is 0.258 e. The van der Waals surface area contributed by atoms with Crippen molar-refractivity contribution in [3.05, 3.63) is 71.9 Å². The molecular formula is C25H26N4O3. The van der Waals surface area contributed by atoms with E-state index in [1.807, 2.05) is 41.3 Å². The fraction of sp³-hybridized carbons (Fsp3) is 0.320. The predicted octanol–water partition coefficient (Wildman–Crippen LogP) is 3.00. The van der Waals surface area contributed by atoms with Crippen LogP contribution < -0.4 is 9.64 Å². The molecule has 0 radical (unpaired) electrons. The average molecular weight is 431 g/mol. The zero-order chi connectivity index (χ0) is 22.1. The van der Waals surface area contributed by atoms with E-state index in [-0.39, 0.29) is 18.6 Å². The zero-order valence-corrected chi connectivity index (χ0v) is 18.0. The first-order valence-corrected chi connectivity index (χ1v) is 10.9. The van der Waals surface area contributed by atoms with E-state index in [0.717, 1.165) is 24.2 Å². The lowest BCUT2D eigenvalue weighted by Gasteiger charge is -2.53. The highest BCUT2D eigenvalue weighted by atomic mass is 16.5. The van der Waals surface area contributed by atoms with Crippen molar-refractivity contribution in [2.45, 2.75) is 19.1 Å². The summed E-state index contributed by atoms with van der Waals surface area (Å²) >= 11 is 0. The molecule has 0 saturated carbocycles. The van der Waals surface area contributed by atoms with Crippen LogP contribution in [-0.4, -0.2) is 58.7 Å². The van der Waals surface area contributed by atoms with Crippen LogP contribution in [0.2, 0.25) is 0 Å². The van der Waals surface area contributed by atoms with Gasteiger partial charge in [0.1, 0.15) is 5.75 Å². The minimum absolute atomic E-state index is 0.101. The summed E-state index contributed by atoms with van der Waals surface area (Å²) in [6.45, 7) is 2.00. The zero-order valence-electron chi connectivity index (χ0n) is 18.0. The molecule has 1 N–H and O–H groups in total. The minimum atomic E-state index is -0.204. The summed E-state index contributed by atoms with van der Waals surface area (Å²) in [5.74, 6) is 1.62. The standard InChI is InChI=1S/C25H26N4O3/c1-32-22-9-5-8-19(16-30)23(22)24(31)28-13-11-18-14-29(21(18)15-28)25-26-12-10-20(27-25)17-6-3-2-4-7-17/h2-10,12,18,21,30H,11,13-16H2,1H3. The van der Waals surface area contributed by atoms with Crippen molar-refractivity contribution in [1.29, 1.82) is 0 Å². The maximum atomic E-state index is 13.4. The Kier molecular flexibility index (Phi) is 5.49. The van der Waals surface area contributed by atoms with E-state index < -0.39 is 0 Å². The highest BCUT2D eigenvalue weighted by Crippen LogP contribution is 2.36. The Bertz CT molecular complexity index is 1100. The number of aromatic nitrogens is 2. The summed E-state index contributed by atoms with van der Waals surface area (Å²) in [4.78, 5) is 26.8. The van der Waals surface area contributed by atoms with Gasteiger partial charge in [-0.1, -0.05) is 42.5 Å². The number of carbonyl (C=O) groups is 1. The van der Waals surface area contributed by atoms with Crippen LogP contribution in [0.5, 0.6) is 5.75 Å². The first-order valence-electron chi connectivity index (χ1n) is 10.9. The summed E-state index contributed by atoms with van der Waals surface area (Å²) in [6, 6.07) is 17.5. The van der Waals surface area contributed by atoms with E-state index in [2.05, 4.69) is 9.88 Å². The van der Waals surface area contributed by atoms with Gasteiger partial charge in [0.2, 0.25) is 5.95 Å². The number of benzene rings is 2. The number of rotatable bonds is 5. The molecule has 164 valence electrons. The van der Waals surface area contributed by atoms with Crippen molar-refractivity contribution in [2.75, 3.05) is 31.6 Å². The summed E-state index contributed by atoms with van der Waals surface area (Å²) in [7, 11) is 1.55. The molecule has 7 nitrogen and oxygen atoms in total. The van der Waals surface area contributed by atoms with Gasteiger partial charge in [-0.2, -0.15) is 0 Å². The molecule has 3 heterocycles. The van der Waals surface area contributed by atoms with Crippen molar-refractivity contribution in [1.82, 2.24) is 14.9 Å². The van der Waals surface area contributed by atoms with Crippen molar-refractivity contribution < 1.29 is 14.6 Å². The molecule has 32 heavy (non-hydrogen) atoms. The molecule has 2 aromatic carbocycles. The fourth-order valence-corrected chi connectivity index (χ4v) is 4.75. The second kappa shape index (κ2) is 8.59. The molecule has 0 aliphatic carbocycles. The third-order valence-corrected chi connectivity index (χ3v) is 6.53. The number of fused-ring (bicyclic) bond motifs is 1. The van der Waals surface area contributed by atoms with Gasteiger partial charge in [-0.25, -0.2) is 9.97 Å². The number of methoxy groups -OCH3 is 1. The second-order valence-corrected chi connectivity index (χ2v) is 8.28. The SMILES string of the molecule is COc1cccc(CO)c1C(=O)N1CCC2CN(c3nccc(-c4ccccc4)n3)C2C1. The van der Waals surface area contributed by atoms with Gasteiger partial charge in [0.25, 0.3) is 5.91 Å². The van der Waals surface area contributed by atoms with Crippen LogP contribution in [0.15, 0.2) is 60.8 Å². The first kappa shape index (κ1) is 20.5. The topological polar surface area (TPSA) is 78.8 Å². The number of piperidine rings is 1. The number of amides is 1. The number of likely N-dealkylation sites (tertiary alicyclic amines) is 1. The quantitative estimate of drug-likeness (QED) is 0.671. The lowest BCUT2D eigenvalue weighted by atomic mass is 9.82. The maximum Gasteiger partial charge on any atom is 0.258 e. The van der Waals surface area contributed by atoms with Crippen LogP contribution in [0.4, 0.5) is 5.95 Å². The van der Waals surface area contributed by atoms with E-state index in [0.29, 0.717) is 41.8 Å². The Hall–Kier alpha value is -3.45. The number of aliphatic hydroxyl groups is 1. The van der Waals surface area contributed by atoms with Crippen LogP contribution in [0, 0.1) is 5.92 Å². The lowest BCUT2D eigenvalue weighted by molar-refractivity contribution is 0.0583. The number of hydrogen-bond acceptors (Lipinski definition) is 6. The largest absolute Gasteiger partial charge is 0.496 e. The summed E-state index contributed by atoms with van der Waals surface area (Å²) in [5.41, 5.74) is 2.98. The average Bonchev–Trinajstić information content (AvgIpc) is 2.84. The molecule has 2 fully saturated rings. The van der Waals surface area contributed by atoms with Crippen molar-refractivity contribution in [3.8, 4) is 17.0 Å². The number of carbonyl (C=O) groups excluding carboxylic acids is 1. The van der Waals surface area contributed by atoms with Crippen molar-refractivity contribution >= 4 is 11.9 Å². The summed E-state index contributed by atoms with van der Waals surface area (Å²) in [5, 5.41) is 9.75. The molecule has 2 atom stereocenters. The number of nitrogens with zero attached hydrogens (tertiary/aromatic N) is 4. The summed E-state index contributed by atoms with van der Waals surface area (Å²) < 4.78 is 5.42. The Morgan fingerprint density at radius 2 is 1.97 bits per heavy atom. The van der Waals surface area contributed by atoms with Gasteiger partial charge in [0.15, 0.2) is 0 Å². The number of hydrogen-bond donors (Lipinski definition) is 1. The highest BCUT2D eigenvalue weighted by molar-refractivity contribution is 5.98. The molecule has 0 spiro atoms. The molecule has 1 amide bonds. The highest BCUT2D eigenvalue weighted by Gasteiger charge is 2.45. The number of ether oxygens (including phenoxy) is 1. The van der Waals surface area contributed by atoms with Gasteiger partial charge in [-0.15, -0.1) is 0 Å². The molecule has 2 aliphatic heterocycles. The predicted molar refractivity (Wildman–Crippen MR) is 122 cm³/mol. The molecule has 2 unspecified atom stereocenters. The van der Waals surface area contributed by atoms with E-state index >= 15 is 0 Å². The molecule has 3 aromatic rings. The van der Waals surface area contributed by atoms with E-state index in [9.17, 15) is 9.90 Å². The molecule has 2 aliphatic rings. The molecule has 1 aromatic heterocycles. The van der Waals surface area contributed by atoms with Gasteiger partial charge in [0, 0.05) is 37.3 Å². The van der Waals surface area contributed by atoms with Gasteiger partial charge < -0.3 is 19.6 Å². The van der Waals surface area contributed by atoms with E-state index in [4.69, 9.17) is 9.72 Å². The van der Waals surface area contributed by atoms with Crippen LogP contribution in [0.1, 0.15) is 22.3 Å². The third kappa shape index (κ3) is 3.58. The van der Waals surface area contributed by atoms with Crippen molar-refractivity contribution in [3.63, 3.8) is 0 Å². The molecule has 5 rings (SSSR count). The summed E-state index contributed by atoms with van der Waals surface area (Å²) in [6.07, 6.45) is 2.74. The van der Waals surface area contributed by atoms with Gasteiger partial charge in [-0.3, -0.25) is 4.79 Å². The number of aliphatic hydroxyl groups excluding tert-OH is 1. The van der Waals surface area contributed by atoms with E-state index in [1.165, 1.54) is 0 Å². The Labute approximate surface area is 187 Å². The Morgan fingerprint density at radius 3 is 2.75 bits per heavy atom. The Balaban J connectivity index is 1.37.